The van der Waals surface area contributed by atoms with Gasteiger partial charge in [0.05, 0.1) is 20.3 Å². The second-order valence-corrected chi connectivity index (χ2v) is 9.71. The van der Waals surface area contributed by atoms with Crippen molar-refractivity contribution in [2.24, 2.45) is 0 Å². The Morgan fingerprint density at radius 1 is 1.03 bits per heavy atom. The van der Waals surface area contributed by atoms with Crippen molar-refractivity contribution < 1.29 is 19.1 Å². The van der Waals surface area contributed by atoms with Crippen LogP contribution in [0.4, 0.5) is 0 Å². The molecule has 1 aromatic heterocycles. The van der Waals surface area contributed by atoms with Gasteiger partial charge < -0.3 is 19.3 Å². The predicted molar refractivity (Wildman–Crippen MR) is 132 cm³/mol. The average molecular weight is 477 g/mol. The van der Waals surface area contributed by atoms with Gasteiger partial charge in [0.2, 0.25) is 5.91 Å². The third kappa shape index (κ3) is 4.40. The standard InChI is InChI=1S/C27H28N2O4S/c1-32-21-10-6-18(7-11-21)26-23-13-15-34-24(23)12-14-28(26)25(30)17-29(20-8-9-20)27(31)19-4-3-5-22(16-19)33-2/h3-7,10-11,13,15-16,20,26H,8-9,12,14,17H2,1-2H3. The number of fused-ring (bicyclic) bond motifs is 1. The fourth-order valence-electron chi connectivity index (χ4n) is 4.64. The number of benzene rings is 2. The Bertz CT molecular complexity index is 1190. The van der Waals surface area contributed by atoms with Crippen LogP contribution in [0.15, 0.2) is 60.0 Å². The first-order valence-electron chi connectivity index (χ1n) is 11.5. The number of hydrogen-bond donors (Lipinski definition) is 0. The molecule has 5 rings (SSSR count). The van der Waals surface area contributed by atoms with Crippen LogP contribution in [0.25, 0.3) is 0 Å². The molecular weight excluding hydrogens is 448 g/mol. The van der Waals surface area contributed by atoms with E-state index in [0.717, 1.165) is 30.6 Å². The van der Waals surface area contributed by atoms with Crippen molar-refractivity contribution >= 4 is 23.2 Å². The number of thiophene rings is 1. The molecule has 0 N–H and O–H groups in total. The second kappa shape index (κ2) is 9.50. The number of carbonyl (C=O) groups excluding carboxylic acids is 2. The van der Waals surface area contributed by atoms with Gasteiger partial charge in [0.15, 0.2) is 0 Å². The van der Waals surface area contributed by atoms with Crippen molar-refractivity contribution in [3.63, 3.8) is 0 Å². The lowest BCUT2D eigenvalue weighted by atomic mass is 9.93. The van der Waals surface area contributed by atoms with Crippen LogP contribution in [0.5, 0.6) is 11.5 Å². The number of nitrogens with zero attached hydrogens (tertiary/aromatic N) is 2. The first-order chi connectivity index (χ1) is 16.6. The first kappa shape index (κ1) is 22.5. The molecule has 1 fully saturated rings. The van der Waals surface area contributed by atoms with Gasteiger partial charge in [-0.1, -0.05) is 18.2 Å². The van der Waals surface area contributed by atoms with Crippen LogP contribution in [0.1, 0.15) is 45.2 Å². The summed E-state index contributed by atoms with van der Waals surface area (Å²) in [6.07, 6.45) is 2.69. The smallest absolute Gasteiger partial charge is 0.254 e. The van der Waals surface area contributed by atoms with E-state index in [0.29, 0.717) is 17.9 Å². The van der Waals surface area contributed by atoms with E-state index in [1.165, 1.54) is 10.4 Å². The van der Waals surface area contributed by atoms with Gasteiger partial charge >= 0.3 is 0 Å². The molecule has 3 aromatic rings. The Labute approximate surface area is 203 Å². The zero-order valence-corrected chi connectivity index (χ0v) is 20.2. The Morgan fingerprint density at radius 2 is 1.79 bits per heavy atom. The van der Waals surface area contributed by atoms with Crippen molar-refractivity contribution in [1.29, 1.82) is 0 Å². The van der Waals surface area contributed by atoms with Crippen molar-refractivity contribution in [3.05, 3.63) is 81.5 Å². The van der Waals surface area contributed by atoms with Gasteiger partial charge in [0, 0.05) is 23.0 Å². The summed E-state index contributed by atoms with van der Waals surface area (Å²) in [7, 11) is 3.23. The number of hydrogen-bond acceptors (Lipinski definition) is 5. The summed E-state index contributed by atoms with van der Waals surface area (Å²) in [5.74, 6) is 1.27. The van der Waals surface area contributed by atoms with Gasteiger partial charge in [-0.2, -0.15) is 0 Å². The summed E-state index contributed by atoms with van der Waals surface area (Å²) in [5, 5.41) is 2.10. The molecule has 0 spiro atoms. The lowest BCUT2D eigenvalue weighted by Gasteiger charge is -2.37. The molecule has 1 unspecified atom stereocenters. The quantitative estimate of drug-likeness (QED) is 0.502. The Kier molecular flexibility index (Phi) is 6.28. The van der Waals surface area contributed by atoms with E-state index in [-0.39, 0.29) is 30.4 Å². The van der Waals surface area contributed by atoms with Crippen LogP contribution in [0, 0.1) is 0 Å². The highest BCUT2D eigenvalue weighted by atomic mass is 32.1. The van der Waals surface area contributed by atoms with Crippen LogP contribution >= 0.6 is 11.3 Å². The molecule has 2 heterocycles. The van der Waals surface area contributed by atoms with Crippen LogP contribution in [-0.2, 0) is 11.2 Å². The van der Waals surface area contributed by atoms with Crippen molar-refractivity contribution in [2.75, 3.05) is 27.3 Å². The van der Waals surface area contributed by atoms with Gasteiger partial charge in [-0.25, -0.2) is 0 Å². The van der Waals surface area contributed by atoms with Gasteiger partial charge in [-0.05, 0) is 72.2 Å². The minimum Gasteiger partial charge on any atom is -0.497 e. The molecule has 0 radical (unpaired) electrons. The molecule has 1 atom stereocenters. The van der Waals surface area contributed by atoms with E-state index < -0.39 is 0 Å². The largest absolute Gasteiger partial charge is 0.497 e. The summed E-state index contributed by atoms with van der Waals surface area (Å²) < 4.78 is 10.6. The summed E-state index contributed by atoms with van der Waals surface area (Å²) in [6, 6.07) is 17.1. The number of ether oxygens (including phenoxy) is 2. The number of carbonyl (C=O) groups is 2. The fraction of sp³-hybridized carbons (Fsp3) is 0.333. The third-order valence-corrected chi connectivity index (χ3v) is 7.59. The minimum absolute atomic E-state index is 0.0270. The van der Waals surface area contributed by atoms with Crippen LogP contribution < -0.4 is 9.47 Å². The molecule has 34 heavy (non-hydrogen) atoms. The summed E-state index contributed by atoms with van der Waals surface area (Å²) in [4.78, 5) is 32.1. The summed E-state index contributed by atoms with van der Waals surface area (Å²) in [5.41, 5.74) is 2.77. The van der Waals surface area contributed by atoms with Gasteiger partial charge in [-0.15, -0.1) is 11.3 Å². The normalized spacial score (nSPS) is 17.1. The molecule has 0 bridgehead atoms. The maximum absolute atomic E-state index is 13.7. The number of methoxy groups -OCH3 is 2. The highest BCUT2D eigenvalue weighted by Crippen LogP contribution is 2.39. The van der Waals surface area contributed by atoms with Crippen LogP contribution in [0.3, 0.4) is 0 Å². The van der Waals surface area contributed by atoms with E-state index in [9.17, 15) is 9.59 Å². The zero-order valence-electron chi connectivity index (χ0n) is 19.4. The van der Waals surface area contributed by atoms with Gasteiger partial charge in [-0.3, -0.25) is 9.59 Å². The summed E-state index contributed by atoms with van der Waals surface area (Å²) >= 11 is 1.74. The molecule has 176 valence electrons. The average Bonchev–Trinajstić information content (AvgIpc) is 3.61. The van der Waals surface area contributed by atoms with E-state index in [4.69, 9.17) is 9.47 Å². The molecule has 2 aliphatic rings. The van der Waals surface area contributed by atoms with E-state index in [2.05, 4.69) is 11.4 Å². The predicted octanol–water partition coefficient (Wildman–Crippen LogP) is 4.54. The Hall–Kier alpha value is -3.32. The second-order valence-electron chi connectivity index (χ2n) is 8.71. The maximum Gasteiger partial charge on any atom is 0.254 e. The van der Waals surface area contributed by atoms with Gasteiger partial charge in [0.25, 0.3) is 5.91 Å². The van der Waals surface area contributed by atoms with Gasteiger partial charge in [0.1, 0.15) is 18.0 Å². The van der Waals surface area contributed by atoms with Crippen molar-refractivity contribution in [1.82, 2.24) is 9.80 Å². The SMILES string of the molecule is COc1ccc(C2c3ccsc3CCN2C(=O)CN(C(=O)c2cccc(OC)c2)C2CC2)cc1. The lowest BCUT2D eigenvalue weighted by molar-refractivity contribution is -0.134. The molecule has 2 amide bonds. The number of amides is 2. The molecular formula is C27H28N2O4S. The van der Waals surface area contributed by atoms with Crippen molar-refractivity contribution in [2.45, 2.75) is 31.3 Å². The van der Waals surface area contributed by atoms with Crippen molar-refractivity contribution in [3.8, 4) is 11.5 Å². The molecule has 1 aliphatic carbocycles. The third-order valence-electron chi connectivity index (χ3n) is 6.59. The highest BCUT2D eigenvalue weighted by molar-refractivity contribution is 7.10. The van der Waals surface area contributed by atoms with Crippen LogP contribution in [0.2, 0.25) is 0 Å². The van der Waals surface area contributed by atoms with E-state index in [1.807, 2.05) is 35.2 Å². The van der Waals surface area contributed by atoms with E-state index >= 15 is 0 Å². The first-order valence-corrected chi connectivity index (χ1v) is 12.4. The molecule has 7 heteroatoms. The topological polar surface area (TPSA) is 59.1 Å². The lowest BCUT2D eigenvalue weighted by Crippen LogP contribution is -2.47. The zero-order chi connectivity index (χ0) is 23.7. The molecule has 1 saturated carbocycles. The Balaban J connectivity index is 1.41. The van der Waals surface area contributed by atoms with Crippen LogP contribution in [-0.4, -0.2) is 55.0 Å². The molecule has 1 aliphatic heterocycles. The maximum atomic E-state index is 13.7. The fourth-order valence-corrected chi connectivity index (χ4v) is 5.55. The minimum atomic E-state index is -0.165. The molecule has 2 aromatic carbocycles. The Morgan fingerprint density at radius 3 is 2.50 bits per heavy atom. The number of rotatable bonds is 7. The molecule has 0 saturated heterocycles. The molecule has 6 nitrogen and oxygen atoms in total. The summed E-state index contributed by atoms with van der Waals surface area (Å²) in [6.45, 7) is 0.710. The van der Waals surface area contributed by atoms with E-state index in [1.54, 1.807) is 48.7 Å². The monoisotopic (exact) mass is 476 g/mol. The highest BCUT2D eigenvalue weighted by Gasteiger charge is 2.38.